The first-order chi connectivity index (χ1) is 19.5. The fourth-order valence-electron chi connectivity index (χ4n) is 5.45. The number of carbonyl (C=O) groups excluding carboxylic acids is 1. The average Bonchev–Trinajstić information content (AvgIpc) is 3.43. The standard InChI is InChI=1S/C31H29BrN4O4/c1-39-23-10-7-20(8-11-23)27-18-26(34-36(27)28(37)19-35-13-15-40-16-14-35)30-29(21-5-3-2-4-6-21)24-17-22(32)9-12-25(24)33-31(30)38/h2-12,17,27H,13-16,18-19H2,1H3,(H,33,38). The topological polar surface area (TPSA) is 87.2 Å². The Bertz CT molecular complexity index is 1630. The minimum atomic E-state index is -0.351. The van der Waals surface area contributed by atoms with Gasteiger partial charge in [-0.1, -0.05) is 58.4 Å². The summed E-state index contributed by atoms with van der Waals surface area (Å²) < 4.78 is 11.7. The molecule has 3 heterocycles. The normalized spacial score (nSPS) is 17.7. The maximum Gasteiger partial charge on any atom is 0.258 e. The van der Waals surface area contributed by atoms with E-state index in [-0.39, 0.29) is 24.1 Å². The van der Waals surface area contributed by atoms with Crippen molar-refractivity contribution in [2.24, 2.45) is 5.10 Å². The van der Waals surface area contributed by atoms with Crippen molar-refractivity contribution in [3.63, 3.8) is 0 Å². The number of nitrogens with zero attached hydrogens (tertiary/aromatic N) is 3. The van der Waals surface area contributed by atoms with Gasteiger partial charge in [-0.15, -0.1) is 0 Å². The Kier molecular flexibility index (Phi) is 7.51. The molecule has 6 rings (SSSR count). The number of morpholine rings is 1. The number of hydrazone groups is 1. The third-order valence-electron chi connectivity index (χ3n) is 7.46. The first-order valence-electron chi connectivity index (χ1n) is 13.3. The highest BCUT2D eigenvalue weighted by Crippen LogP contribution is 2.38. The van der Waals surface area contributed by atoms with Gasteiger partial charge in [0.15, 0.2) is 0 Å². The number of nitrogens with one attached hydrogen (secondary N) is 1. The summed E-state index contributed by atoms with van der Waals surface area (Å²) >= 11 is 3.59. The van der Waals surface area contributed by atoms with Gasteiger partial charge in [-0.25, -0.2) is 5.01 Å². The van der Waals surface area contributed by atoms with Crippen LogP contribution in [0.15, 0.2) is 87.2 Å². The lowest BCUT2D eigenvalue weighted by Crippen LogP contribution is -2.43. The number of aromatic nitrogens is 1. The number of carbonyl (C=O) groups is 1. The molecule has 8 nitrogen and oxygen atoms in total. The monoisotopic (exact) mass is 600 g/mol. The molecule has 9 heteroatoms. The Morgan fingerprint density at radius 3 is 2.52 bits per heavy atom. The third-order valence-corrected chi connectivity index (χ3v) is 7.95. The highest BCUT2D eigenvalue weighted by Gasteiger charge is 2.36. The van der Waals surface area contributed by atoms with Gasteiger partial charge < -0.3 is 14.5 Å². The molecule has 40 heavy (non-hydrogen) atoms. The summed E-state index contributed by atoms with van der Waals surface area (Å²) in [6, 6.07) is 23.0. The summed E-state index contributed by atoms with van der Waals surface area (Å²) in [6.45, 7) is 2.83. The molecule has 1 aromatic heterocycles. The molecular weight excluding hydrogens is 572 g/mol. The largest absolute Gasteiger partial charge is 0.497 e. The van der Waals surface area contributed by atoms with Crippen LogP contribution < -0.4 is 10.3 Å². The van der Waals surface area contributed by atoms with Gasteiger partial charge in [-0.3, -0.25) is 14.5 Å². The van der Waals surface area contributed by atoms with Crippen molar-refractivity contribution in [2.45, 2.75) is 12.5 Å². The van der Waals surface area contributed by atoms with Crippen molar-refractivity contribution in [1.29, 1.82) is 0 Å². The first kappa shape index (κ1) is 26.4. The van der Waals surface area contributed by atoms with Gasteiger partial charge in [0.2, 0.25) is 0 Å². The molecule has 204 valence electrons. The summed E-state index contributed by atoms with van der Waals surface area (Å²) in [5.74, 6) is 0.621. The van der Waals surface area contributed by atoms with E-state index in [1.807, 2.05) is 72.8 Å². The third kappa shape index (κ3) is 5.20. The minimum absolute atomic E-state index is 0.112. The lowest BCUT2D eigenvalue weighted by molar-refractivity contribution is -0.135. The molecule has 4 aromatic rings. The van der Waals surface area contributed by atoms with E-state index in [2.05, 4.69) is 25.8 Å². The van der Waals surface area contributed by atoms with E-state index in [9.17, 15) is 9.59 Å². The van der Waals surface area contributed by atoms with Crippen molar-refractivity contribution < 1.29 is 14.3 Å². The molecular formula is C31H29BrN4O4. The summed E-state index contributed by atoms with van der Waals surface area (Å²) in [5.41, 5.74) is 4.21. The van der Waals surface area contributed by atoms with Crippen molar-refractivity contribution in [2.75, 3.05) is 40.0 Å². The number of methoxy groups -OCH3 is 1. The Morgan fingerprint density at radius 1 is 1.05 bits per heavy atom. The number of hydrogen-bond donors (Lipinski definition) is 1. The maximum absolute atomic E-state index is 13.7. The average molecular weight is 602 g/mol. The molecule has 1 fully saturated rings. The fourth-order valence-corrected chi connectivity index (χ4v) is 5.81. The Morgan fingerprint density at radius 2 is 1.80 bits per heavy atom. The number of pyridine rings is 1. The van der Waals surface area contributed by atoms with E-state index in [1.54, 1.807) is 12.1 Å². The molecule has 0 spiro atoms. The number of fused-ring (bicyclic) bond motifs is 1. The van der Waals surface area contributed by atoms with Gasteiger partial charge in [0.1, 0.15) is 5.75 Å². The summed E-state index contributed by atoms with van der Waals surface area (Å²) in [6.07, 6.45) is 0.406. The molecule has 0 aliphatic carbocycles. The van der Waals surface area contributed by atoms with Crippen molar-refractivity contribution >= 4 is 38.5 Å². The van der Waals surface area contributed by atoms with E-state index >= 15 is 0 Å². The van der Waals surface area contributed by atoms with E-state index in [0.717, 1.165) is 37.8 Å². The molecule has 3 aromatic carbocycles. The van der Waals surface area contributed by atoms with Crippen LogP contribution in [0.3, 0.4) is 0 Å². The Hall–Kier alpha value is -3.79. The predicted molar refractivity (Wildman–Crippen MR) is 159 cm³/mol. The first-order valence-corrected chi connectivity index (χ1v) is 14.1. The molecule has 1 saturated heterocycles. The number of benzene rings is 3. The molecule has 1 unspecified atom stereocenters. The summed E-state index contributed by atoms with van der Waals surface area (Å²) in [4.78, 5) is 32.6. The lowest BCUT2D eigenvalue weighted by atomic mass is 9.91. The van der Waals surface area contributed by atoms with Crippen molar-refractivity contribution in [3.8, 4) is 16.9 Å². The Labute approximate surface area is 240 Å². The van der Waals surface area contributed by atoms with Crippen LogP contribution in [0.4, 0.5) is 0 Å². The molecule has 2 aliphatic heterocycles. The SMILES string of the molecule is COc1ccc(C2CC(c3c(-c4ccccc4)c4cc(Br)ccc4[nH]c3=O)=NN2C(=O)CN2CCOCC2)cc1. The fraction of sp³-hybridized carbons (Fsp3) is 0.258. The highest BCUT2D eigenvalue weighted by atomic mass is 79.9. The number of rotatable bonds is 6. The molecule has 0 bridgehead atoms. The van der Waals surface area contributed by atoms with Crippen LogP contribution in [0.2, 0.25) is 0 Å². The summed E-state index contributed by atoms with van der Waals surface area (Å²) in [7, 11) is 1.62. The van der Waals surface area contributed by atoms with E-state index < -0.39 is 0 Å². The van der Waals surface area contributed by atoms with Crippen molar-refractivity contribution in [1.82, 2.24) is 14.9 Å². The van der Waals surface area contributed by atoms with Gasteiger partial charge in [-0.05, 0) is 41.5 Å². The molecule has 1 amide bonds. The minimum Gasteiger partial charge on any atom is -0.497 e. The maximum atomic E-state index is 13.7. The second-order valence-electron chi connectivity index (χ2n) is 9.93. The molecule has 1 N–H and O–H groups in total. The lowest BCUT2D eigenvalue weighted by Gasteiger charge is -2.29. The van der Waals surface area contributed by atoms with Gasteiger partial charge >= 0.3 is 0 Å². The smallest absolute Gasteiger partial charge is 0.258 e. The number of aromatic amines is 1. The number of hydrogen-bond acceptors (Lipinski definition) is 6. The van der Waals surface area contributed by atoms with Crippen LogP contribution in [-0.2, 0) is 9.53 Å². The quantitative estimate of drug-likeness (QED) is 0.337. The van der Waals surface area contributed by atoms with E-state index in [4.69, 9.17) is 14.6 Å². The molecule has 1 atom stereocenters. The zero-order valence-corrected chi connectivity index (χ0v) is 23.7. The van der Waals surface area contributed by atoms with Crippen LogP contribution in [-0.4, -0.2) is 66.5 Å². The second-order valence-corrected chi connectivity index (χ2v) is 10.8. The van der Waals surface area contributed by atoms with Crippen LogP contribution in [0.5, 0.6) is 5.75 Å². The van der Waals surface area contributed by atoms with Gasteiger partial charge in [-0.2, -0.15) is 5.10 Å². The molecule has 0 radical (unpaired) electrons. The number of H-pyrrole nitrogens is 1. The van der Waals surface area contributed by atoms with Gasteiger partial charge in [0.25, 0.3) is 11.5 Å². The summed E-state index contributed by atoms with van der Waals surface area (Å²) in [5, 5.41) is 7.34. The van der Waals surface area contributed by atoms with Gasteiger partial charge in [0, 0.05) is 40.4 Å². The van der Waals surface area contributed by atoms with Crippen LogP contribution >= 0.6 is 15.9 Å². The number of ether oxygens (including phenoxy) is 2. The zero-order chi connectivity index (χ0) is 27.6. The number of amides is 1. The van der Waals surface area contributed by atoms with Crippen molar-refractivity contribution in [3.05, 3.63) is 98.7 Å². The van der Waals surface area contributed by atoms with Gasteiger partial charge in [0.05, 0.1) is 44.2 Å². The Balaban J connectivity index is 1.48. The molecule has 0 saturated carbocycles. The predicted octanol–water partition coefficient (Wildman–Crippen LogP) is 4.98. The zero-order valence-electron chi connectivity index (χ0n) is 22.1. The van der Waals surface area contributed by atoms with E-state index in [0.29, 0.717) is 44.0 Å². The van der Waals surface area contributed by atoms with E-state index in [1.165, 1.54) is 0 Å². The van der Waals surface area contributed by atoms with Crippen LogP contribution in [0.1, 0.15) is 23.6 Å². The number of halogens is 1. The van der Waals surface area contributed by atoms with Crippen LogP contribution in [0.25, 0.3) is 22.0 Å². The highest BCUT2D eigenvalue weighted by molar-refractivity contribution is 9.10. The van der Waals surface area contributed by atoms with Crippen LogP contribution in [0, 0.1) is 0 Å². The second kappa shape index (κ2) is 11.4. The molecule has 2 aliphatic rings.